The van der Waals surface area contributed by atoms with Gasteiger partial charge < -0.3 is 10.3 Å². The topological polar surface area (TPSA) is 83.8 Å². The number of imidazole rings is 1. The Kier molecular flexibility index (Phi) is 3.97. The molecule has 0 aliphatic heterocycles. The normalized spacial score (nSPS) is 13.6. The molecule has 0 bridgehead atoms. The number of rotatable bonds is 4. The van der Waals surface area contributed by atoms with E-state index in [1.807, 2.05) is 38.1 Å². The second-order valence-electron chi connectivity index (χ2n) is 6.50. The first-order valence-corrected chi connectivity index (χ1v) is 8.32. The van der Waals surface area contributed by atoms with E-state index < -0.39 is 11.9 Å². The zero-order valence-electron chi connectivity index (χ0n) is 14.5. The summed E-state index contributed by atoms with van der Waals surface area (Å²) in [5.74, 6) is 0.680. The lowest BCUT2D eigenvalue weighted by atomic mass is 10.0. The third-order valence-corrected chi connectivity index (χ3v) is 4.21. The van der Waals surface area contributed by atoms with Crippen LogP contribution in [0.5, 0.6) is 0 Å². The van der Waals surface area contributed by atoms with E-state index in [0.717, 1.165) is 17.1 Å². The highest BCUT2D eigenvalue weighted by atomic mass is 19.4. The van der Waals surface area contributed by atoms with Gasteiger partial charge in [0.1, 0.15) is 18.0 Å². The third-order valence-electron chi connectivity index (χ3n) is 4.21. The summed E-state index contributed by atoms with van der Waals surface area (Å²) in [6.07, 6.45) is -3.42. The maximum Gasteiger partial charge on any atom is 0.433 e. The van der Waals surface area contributed by atoms with E-state index in [0.29, 0.717) is 5.82 Å². The summed E-state index contributed by atoms with van der Waals surface area (Å²) in [6, 6.07) is 8.10. The summed E-state index contributed by atoms with van der Waals surface area (Å²) in [6.45, 7) is 3.91. The average molecular weight is 375 g/mol. The van der Waals surface area contributed by atoms with Crippen molar-refractivity contribution in [2.24, 2.45) is 5.92 Å². The zero-order valence-corrected chi connectivity index (χ0v) is 14.5. The molecule has 0 unspecified atom stereocenters. The highest BCUT2D eigenvalue weighted by molar-refractivity contribution is 5.75. The molecule has 4 aromatic rings. The van der Waals surface area contributed by atoms with Crippen LogP contribution < -0.4 is 5.32 Å². The molecule has 7 nitrogen and oxygen atoms in total. The molecule has 0 amide bonds. The highest BCUT2D eigenvalue weighted by Gasteiger charge is 2.34. The van der Waals surface area contributed by atoms with Crippen molar-refractivity contribution in [3.05, 3.63) is 48.2 Å². The van der Waals surface area contributed by atoms with E-state index in [-0.39, 0.29) is 23.6 Å². The number of halogens is 3. The Morgan fingerprint density at radius 1 is 1.15 bits per heavy atom. The minimum absolute atomic E-state index is 0.0339. The van der Waals surface area contributed by atoms with Gasteiger partial charge in [-0.1, -0.05) is 26.0 Å². The van der Waals surface area contributed by atoms with E-state index >= 15 is 0 Å². The maximum atomic E-state index is 13.2. The molecule has 2 N–H and O–H groups in total. The number of aromatic amines is 1. The van der Waals surface area contributed by atoms with Crippen LogP contribution in [0.2, 0.25) is 0 Å². The third kappa shape index (κ3) is 3.18. The first-order valence-electron chi connectivity index (χ1n) is 8.32. The van der Waals surface area contributed by atoms with Crippen LogP contribution in [0.1, 0.15) is 31.4 Å². The largest absolute Gasteiger partial charge is 0.433 e. The van der Waals surface area contributed by atoms with E-state index in [2.05, 4.69) is 30.4 Å². The van der Waals surface area contributed by atoms with Crippen molar-refractivity contribution in [1.82, 2.24) is 29.5 Å². The molecule has 1 aromatic carbocycles. The summed E-state index contributed by atoms with van der Waals surface area (Å²) in [7, 11) is 0. The van der Waals surface area contributed by atoms with Crippen molar-refractivity contribution in [1.29, 1.82) is 0 Å². The van der Waals surface area contributed by atoms with E-state index in [1.165, 1.54) is 10.8 Å². The van der Waals surface area contributed by atoms with Gasteiger partial charge >= 0.3 is 6.18 Å². The molecule has 1 atom stereocenters. The maximum absolute atomic E-state index is 13.2. The number of benzene rings is 1. The Labute approximate surface area is 151 Å². The first kappa shape index (κ1) is 17.3. The number of fused-ring (bicyclic) bond motifs is 2. The second-order valence-corrected chi connectivity index (χ2v) is 6.50. The SMILES string of the molecule is CC(C)[C@@H](Nc1cc(C(F)(F)F)nc2ncnn12)c1nc2ccccc2[nH]1. The molecule has 27 heavy (non-hydrogen) atoms. The predicted octanol–water partition coefficient (Wildman–Crippen LogP) is 3.83. The molecule has 0 saturated carbocycles. The fraction of sp³-hybridized carbons (Fsp3) is 0.294. The van der Waals surface area contributed by atoms with Gasteiger partial charge in [0.25, 0.3) is 5.78 Å². The van der Waals surface area contributed by atoms with Crippen LogP contribution in [0.4, 0.5) is 19.0 Å². The average Bonchev–Trinajstić information content (AvgIpc) is 3.24. The number of hydrogen-bond acceptors (Lipinski definition) is 5. The van der Waals surface area contributed by atoms with Crippen LogP contribution in [0.3, 0.4) is 0 Å². The lowest BCUT2D eigenvalue weighted by molar-refractivity contribution is -0.141. The Morgan fingerprint density at radius 2 is 1.93 bits per heavy atom. The van der Waals surface area contributed by atoms with Gasteiger partial charge in [0, 0.05) is 6.07 Å². The van der Waals surface area contributed by atoms with Crippen molar-refractivity contribution in [2.75, 3.05) is 5.32 Å². The molecule has 3 heterocycles. The van der Waals surface area contributed by atoms with Crippen molar-refractivity contribution < 1.29 is 13.2 Å². The molecule has 3 aromatic heterocycles. The molecule has 0 radical (unpaired) electrons. The smallest absolute Gasteiger partial charge is 0.360 e. The molecule has 0 fully saturated rings. The predicted molar refractivity (Wildman–Crippen MR) is 93.1 cm³/mol. The Hall–Kier alpha value is -3.17. The number of aromatic nitrogens is 6. The number of alkyl halides is 3. The Bertz CT molecular complexity index is 1060. The quantitative estimate of drug-likeness (QED) is 0.566. The van der Waals surface area contributed by atoms with Crippen LogP contribution in [-0.2, 0) is 6.18 Å². The van der Waals surface area contributed by atoms with Gasteiger partial charge in [-0.2, -0.15) is 27.8 Å². The highest BCUT2D eigenvalue weighted by Crippen LogP contribution is 2.32. The molecule has 10 heteroatoms. The summed E-state index contributed by atoms with van der Waals surface area (Å²) >= 11 is 0. The molecular formula is C17H16F3N7. The van der Waals surface area contributed by atoms with Crippen LogP contribution in [0, 0.1) is 5.92 Å². The molecular weight excluding hydrogens is 359 g/mol. The molecule has 4 rings (SSSR count). The second kappa shape index (κ2) is 6.22. The summed E-state index contributed by atoms with van der Waals surface area (Å²) in [4.78, 5) is 15.1. The molecule has 140 valence electrons. The van der Waals surface area contributed by atoms with Gasteiger partial charge in [0.15, 0.2) is 5.69 Å². The molecule has 0 spiro atoms. The van der Waals surface area contributed by atoms with E-state index in [1.54, 1.807) is 0 Å². The van der Waals surface area contributed by atoms with E-state index in [9.17, 15) is 13.2 Å². The van der Waals surface area contributed by atoms with Gasteiger partial charge in [-0.25, -0.2) is 9.97 Å². The molecule has 0 aliphatic rings. The van der Waals surface area contributed by atoms with Gasteiger partial charge in [-0.05, 0) is 18.1 Å². The van der Waals surface area contributed by atoms with Crippen molar-refractivity contribution in [2.45, 2.75) is 26.1 Å². The van der Waals surface area contributed by atoms with Gasteiger partial charge in [-0.3, -0.25) is 0 Å². The van der Waals surface area contributed by atoms with Crippen molar-refractivity contribution in [3.63, 3.8) is 0 Å². The Morgan fingerprint density at radius 3 is 2.63 bits per heavy atom. The first-order chi connectivity index (χ1) is 12.8. The minimum Gasteiger partial charge on any atom is -0.360 e. The van der Waals surface area contributed by atoms with Gasteiger partial charge in [-0.15, -0.1) is 0 Å². The number of para-hydroxylation sites is 2. The van der Waals surface area contributed by atoms with Crippen LogP contribution in [0.25, 0.3) is 16.8 Å². The van der Waals surface area contributed by atoms with Gasteiger partial charge in [0.05, 0.1) is 17.1 Å². The molecule has 0 aliphatic carbocycles. The summed E-state index contributed by atoms with van der Waals surface area (Å²) in [5.41, 5.74) is 0.616. The van der Waals surface area contributed by atoms with Crippen LogP contribution in [0.15, 0.2) is 36.7 Å². The number of nitrogens with one attached hydrogen (secondary N) is 2. The lowest BCUT2D eigenvalue weighted by Crippen LogP contribution is -2.21. The fourth-order valence-electron chi connectivity index (χ4n) is 2.89. The van der Waals surface area contributed by atoms with E-state index in [4.69, 9.17) is 0 Å². The zero-order chi connectivity index (χ0) is 19.2. The minimum atomic E-state index is -4.59. The molecule has 0 saturated heterocycles. The summed E-state index contributed by atoms with van der Waals surface area (Å²) in [5, 5.41) is 7.10. The van der Waals surface area contributed by atoms with Crippen LogP contribution >= 0.6 is 0 Å². The standard InChI is InChI=1S/C17H16F3N7/c1-9(2)14(15-23-10-5-3-4-6-11(10)24-15)26-13-7-12(17(18,19)20)25-16-21-8-22-27(13)16/h3-9,14,26H,1-2H3,(H,23,24)/t14-/m1/s1. The Balaban J connectivity index is 1.79. The summed E-state index contributed by atoms with van der Waals surface area (Å²) < 4.78 is 40.8. The van der Waals surface area contributed by atoms with Crippen molar-refractivity contribution in [3.8, 4) is 0 Å². The van der Waals surface area contributed by atoms with Crippen molar-refractivity contribution >= 4 is 22.6 Å². The monoisotopic (exact) mass is 375 g/mol. The van der Waals surface area contributed by atoms with Crippen LogP contribution in [-0.4, -0.2) is 29.5 Å². The van der Waals surface area contributed by atoms with Gasteiger partial charge in [0.2, 0.25) is 0 Å². The lowest BCUT2D eigenvalue weighted by Gasteiger charge is -2.22. The fourth-order valence-corrected chi connectivity index (χ4v) is 2.89. The number of nitrogens with zero attached hydrogens (tertiary/aromatic N) is 5. The number of H-pyrrole nitrogens is 1. The number of hydrogen-bond donors (Lipinski definition) is 2. The number of anilines is 1.